The molecular weight excluding hydrogens is 422 g/mol. The highest BCUT2D eigenvalue weighted by atomic mass is 31.1. The number of hydrogen-bond acceptors (Lipinski definition) is 0. The first-order valence-electron chi connectivity index (χ1n) is 11.7. The van der Waals surface area contributed by atoms with Gasteiger partial charge in [0.25, 0.3) is 0 Å². The van der Waals surface area contributed by atoms with E-state index in [2.05, 4.69) is 121 Å². The standard InChI is InChI=1S/C30H30P2/c1-5-14-25(15-6-1)30(24-29-22-13-23-31(29)26-16-7-2-8-17-26)32(27-18-9-3-10-19-27)28-20-11-4-12-21-28/h1-12,14-21,29-30H,13,22-24H2. The molecule has 2 heteroatoms. The normalized spacial score (nSPS) is 19.2. The SMILES string of the molecule is c1ccc(C(CC2CCCP2c2ccccc2)P(c2ccccc2)c2ccccc2)cc1. The lowest BCUT2D eigenvalue weighted by molar-refractivity contribution is 0.700. The van der Waals surface area contributed by atoms with Crippen LogP contribution in [0.4, 0.5) is 0 Å². The van der Waals surface area contributed by atoms with Crippen molar-refractivity contribution in [3.63, 3.8) is 0 Å². The summed E-state index contributed by atoms with van der Waals surface area (Å²) in [7, 11) is -0.563. The van der Waals surface area contributed by atoms with Crippen molar-refractivity contribution < 1.29 is 0 Å². The van der Waals surface area contributed by atoms with Gasteiger partial charge in [0.05, 0.1) is 0 Å². The van der Waals surface area contributed by atoms with E-state index >= 15 is 0 Å². The third-order valence-corrected chi connectivity index (χ3v) is 12.5. The van der Waals surface area contributed by atoms with Crippen molar-refractivity contribution in [3.05, 3.63) is 127 Å². The Morgan fingerprint density at radius 2 is 1.16 bits per heavy atom. The number of benzene rings is 4. The molecule has 1 aliphatic heterocycles. The van der Waals surface area contributed by atoms with Gasteiger partial charge in [-0.1, -0.05) is 129 Å². The molecule has 160 valence electrons. The summed E-state index contributed by atoms with van der Waals surface area (Å²) in [6, 6.07) is 45.2. The molecule has 1 fully saturated rings. The van der Waals surface area contributed by atoms with Crippen LogP contribution in [-0.4, -0.2) is 11.8 Å². The van der Waals surface area contributed by atoms with Crippen LogP contribution in [0.1, 0.15) is 30.5 Å². The van der Waals surface area contributed by atoms with Crippen LogP contribution in [0.5, 0.6) is 0 Å². The molecule has 0 nitrogen and oxygen atoms in total. The van der Waals surface area contributed by atoms with Gasteiger partial charge in [0, 0.05) is 5.66 Å². The molecule has 0 amide bonds. The van der Waals surface area contributed by atoms with Crippen molar-refractivity contribution in [3.8, 4) is 0 Å². The lowest BCUT2D eigenvalue weighted by Gasteiger charge is -2.33. The summed E-state index contributed by atoms with van der Waals surface area (Å²) in [6.07, 6.45) is 5.41. The Kier molecular flexibility index (Phi) is 7.13. The average Bonchev–Trinajstić information content (AvgIpc) is 3.34. The predicted octanol–water partition coefficient (Wildman–Crippen LogP) is 7.22. The van der Waals surface area contributed by atoms with Gasteiger partial charge >= 0.3 is 0 Å². The molecule has 5 rings (SSSR count). The van der Waals surface area contributed by atoms with Gasteiger partial charge in [-0.2, -0.15) is 0 Å². The Bertz CT molecular complexity index is 1040. The Balaban J connectivity index is 1.56. The highest BCUT2D eigenvalue weighted by molar-refractivity contribution is 7.73. The van der Waals surface area contributed by atoms with Crippen LogP contribution in [-0.2, 0) is 0 Å². The summed E-state index contributed by atoms with van der Waals surface area (Å²) < 4.78 is 0. The summed E-state index contributed by atoms with van der Waals surface area (Å²) in [4.78, 5) is 0. The van der Waals surface area contributed by atoms with Crippen LogP contribution in [0.15, 0.2) is 121 Å². The van der Waals surface area contributed by atoms with E-state index in [0.717, 1.165) is 5.66 Å². The Labute approximate surface area is 195 Å². The second-order valence-electron chi connectivity index (χ2n) is 8.53. The van der Waals surface area contributed by atoms with Gasteiger partial charge in [0.15, 0.2) is 0 Å². The molecule has 1 aliphatic rings. The van der Waals surface area contributed by atoms with Crippen molar-refractivity contribution in [1.82, 2.24) is 0 Å². The highest BCUT2D eigenvalue weighted by Crippen LogP contribution is 2.58. The lowest BCUT2D eigenvalue weighted by Crippen LogP contribution is -2.21. The summed E-state index contributed by atoms with van der Waals surface area (Å²) in [5.74, 6) is 0. The Morgan fingerprint density at radius 3 is 1.72 bits per heavy atom. The summed E-state index contributed by atoms with van der Waals surface area (Å²) in [5.41, 5.74) is 2.84. The summed E-state index contributed by atoms with van der Waals surface area (Å²) >= 11 is 0. The zero-order chi connectivity index (χ0) is 21.6. The average molecular weight is 453 g/mol. The molecule has 0 bridgehead atoms. The summed E-state index contributed by atoms with van der Waals surface area (Å²) in [5, 5.41) is 4.58. The first-order chi connectivity index (χ1) is 15.9. The molecule has 4 aromatic carbocycles. The van der Waals surface area contributed by atoms with Crippen molar-refractivity contribution in [2.45, 2.75) is 30.6 Å². The third kappa shape index (κ3) is 4.88. The van der Waals surface area contributed by atoms with Crippen LogP contribution in [0.3, 0.4) is 0 Å². The molecule has 32 heavy (non-hydrogen) atoms. The summed E-state index contributed by atoms with van der Waals surface area (Å²) in [6.45, 7) is 0. The van der Waals surface area contributed by atoms with Gasteiger partial charge in [-0.05, 0) is 60.5 Å². The van der Waals surface area contributed by atoms with Crippen molar-refractivity contribution in [2.24, 2.45) is 0 Å². The fourth-order valence-corrected chi connectivity index (χ4v) is 11.2. The van der Waals surface area contributed by atoms with E-state index < -0.39 is 7.92 Å². The van der Waals surface area contributed by atoms with Gasteiger partial charge in [-0.3, -0.25) is 0 Å². The smallest absolute Gasteiger partial charge is 0.0128 e. The first-order valence-corrected chi connectivity index (χ1v) is 14.7. The van der Waals surface area contributed by atoms with Gasteiger partial charge in [-0.15, -0.1) is 0 Å². The van der Waals surface area contributed by atoms with E-state index in [0.29, 0.717) is 5.66 Å². The van der Waals surface area contributed by atoms with E-state index in [1.807, 2.05) is 0 Å². The maximum absolute atomic E-state index is 2.37. The minimum absolute atomic E-state index is 0.0787. The Morgan fingerprint density at radius 1 is 0.656 bits per heavy atom. The minimum atomic E-state index is -0.484. The second kappa shape index (κ2) is 10.6. The molecule has 3 unspecified atom stereocenters. The molecule has 0 aromatic heterocycles. The van der Waals surface area contributed by atoms with E-state index in [9.17, 15) is 0 Å². The first kappa shape index (κ1) is 21.6. The molecule has 0 radical (unpaired) electrons. The number of rotatable bonds is 7. The maximum atomic E-state index is 2.37. The molecule has 0 saturated carbocycles. The fourth-order valence-electron chi connectivity index (χ4n) is 5.05. The van der Waals surface area contributed by atoms with Crippen molar-refractivity contribution >= 4 is 31.8 Å². The van der Waals surface area contributed by atoms with Gasteiger partial charge in [-0.25, -0.2) is 0 Å². The van der Waals surface area contributed by atoms with Crippen molar-refractivity contribution in [2.75, 3.05) is 6.16 Å². The highest BCUT2D eigenvalue weighted by Gasteiger charge is 2.34. The third-order valence-electron chi connectivity index (χ3n) is 6.53. The molecule has 4 aromatic rings. The largest absolute Gasteiger partial charge is 0.0721 e. The fraction of sp³-hybridized carbons (Fsp3) is 0.200. The minimum Gasteiger partial charge on any atom is -0.0721 e. The monoisotopic (exact) mass is 452 g/mol. The van der Waals surface area contributed by atoms with E-state index in [1.165, 1.54) is 41.6 Å². The molecule has 3 atom stereocenters. The molecule has 0 aliphatic carbocycles. The Hall–Kier alpha value is -2.26. The van der Waals surface area contributed by atoms with E-state index in [4.69, 9.17) is 0 Å². The topological polar surface area (TPSA) is 0 Å². The molecule has 0 N–H and O–H groups in total. The van der Waals surface area contributed by atoms with E-state index in [-0.39, 0.29) is 7.92 Å². The van der Waals surface area contributed by atoms with Crippen LogP contribution in [0, 0.1) is 0 Å². The second-order valence-corrected chi connectivity index (χ2v) is 13.6. The molecular formula is C30H30P2. The number of hydrogen-bond donors (Lipinski definition) is 0. The molecule has 1 saturated heterocycles. The molecule has 0 spiro atoms. The zero-order valence-corrected chi connectivity index (χ0v) is 20.2. The molecule has 1 heterocycles. The van der Waals surface area contributed by atoms with Gasteiger partial charge in [0.1, 0.15) is 0 Å². The van der Waals surface area contributed by atoms with Crippen molar-refractivity contribution in [1.29, 1.82) is 0 Å². The zero-order valence-electron chi connectivity index (χ0n) is 18.4. The predicted molar refractivity (Wildman–Crippen MR) is 144 cm³/mol. The van der Waals surface area contributed by atoms with E-state index in [1.54, 1.807) is 5.30 Å². The van der Waals surface area contributed by atoms with Gasteiger partial charge in [0.2, 0.25) is 0 Å². The van der Waals surface area contributed by atoms with Gasteiger partial charge < -0.3 is 0 Å². The quantitative estimate of drug-likeness (QED) is 0.260. The van der Waals surface area contributed by atoms with Crippen LogP contribution in [0.25, 0.3) is 0 Å². The van der Waals surface area contributed by atoms with Crippen LogP contribution in [0.2, 0.25) is 0 Å². The van der Waals surface area contributed by atoms with Crippen LogP contribution >= 0.6 is 15.8 Å². The lowest BCUT2D eigenvalue weighted by atomic mass is 10.1. The van der Waals surface area contributed by atoms with Crippen LogP contribution < -0.4 is 15.9 Å². The maximum Gasteiger partial charge on any atom is 0.0128 e.